The number of nitrogens with two attached hydrogens (primary N) is 1. The van der Waals surface area contributed by atoms with Gasteiger partial charge in [-0.2, -0.15) is 0 Å². The first-order valence-corrected chi connectivity index (χ1v) is 6.59. The maximum absolute atomic E-state index is 7.67. The van der Waals surface area contributed by atoms with E-state index in [1.807, 2.05) is 37.3 Å². The normalized spacial score (nSPS) is 12.3. The number of hydrogen-bond donors (Lipinski definition) is 2. The van der Waals surface area contributed by atoms with Crippen LogP contribution in [0.15, 0.2) is 46.2 Å². The summed E-state index contributed by atoms with van der Waals surface area (Å²) in [6.07, 6.45) is 1.62. The number of nitrogens with zero attached hydrogens (tertiary/aromatic N) is 1. The third-order valence-corrected chi connectivity index (χ3v) is 3.48. The third-order valence-electron chi connectivity index (χ3n) is 2.55. The fraction of sp³-hybridized carbons (Fsp3) is 0.231. The highest BCUT2D eigenvalue weighted by molar-refractivity contribution is 7.99. The minimum atomic E-state index is -0.108. The van der Waals surface area contributed by atoms with Crippen LogP contribution in [0.3, 0.4) is 0 Å². The Morgan fingerprint density at radius 3 is 2.72 bits per heavy atom. The van der Waals surface area contributed by atoms with Crippen molar-refractivity contribution in [3.05, 3.63) is 47.9 Å². The van der Waals surface area contributed by atoms with Crippen LogP contribution >= 0.6 is 11.8 Å². The number of nitrogens with one attached hydrogen (secondary N) is 1. The van der Waals surface area contributed by atoms with Crippen LogP contribution in [-0.4, -0.2) is 16.6 Å². The summed E-state index contributed by atoms with van der Waals surface area (Å²) in [7, 11) is 0. The molecule has 0 radical (unpaired) electrons. The van der Waals surface area contributed by atoms with Crippen molar-refractivity contribution >= 4 is 17.6 Å². The van der Waals surface area contributed by atoms with Crippen LogP contribution in [0.25, 0.3) is 0 Å². The summed E-state index contributed by atoms with van der Waals surface area (Å²) in [5.74, 6) is 0.708. The fourth-order valence-corrected chi connectivity index (χ4v) is 2.61. The highest BCUT2D eigenvalue weighted by Gasteiger charge is 2.16. The van der Waals surface area contributed by atoms with Crippen LogP contribution in [0.5, 0.6) is 0 Å². The topological polar surface area (TPSA) is 75.9 Å². The number of amidine groups is 1. The van der Waals surface area contributed by atoms with E-state index in [0.717, 1.165) is 11.3 Å². The summed E-state index contributed by atoms with van der Waals surface area (Å²) in [5, 5.41) is 8.29. The van der Waals surface area contributed by atoms with E-state index in [1.165, 1.54) is 11.8 Å². The van der Waals surface area contributed by atoms with Gasteiger partial charge >= 0.3 is 0 Å². The Labute approximate surface area is 110 Å². The average molecular weight is 261 g/mol. The Bertz CT molecular complexity index is 524. The molecule has 0 amide bonds. The van der Waals surface area contributed by atoms with E-state index in [2.05, 4.69) is 4.98 Å². The quantitative estimate of drug-likeness (QED) is 0.493. The van der Waals surface area contributed by atoms with Gasteiger partial charge < -0.3 is 10.2 Å². The van der Waals surface area contributed by atoms with Crippen LogP contribution in [0, 0.1) is 12.3 Å². The minimum absolute atomic E-state index is 0.108. The van der Waals surface area contributed by atoms with Gasteiger partial charge in [0.15, 0.2) is 0 Å². The highest BCUT2D eigenvalue weighted by Crippen LogP contribution is 2.25. The van der Waals surface area contributed by atoms with E-state index >= 15 is 0 Å². The second-order valence-electron chi connectivity index (χ2n) is 3.98. The predicted molar refractivity (Wildman–Crippen MR) is 73.1 cm³/mol. The first-order valence-electron chi connectivity index (χ1n) is 5.60. The Morgan fingerprint density at radius 2 is 2.17 bits per heavy atom. The second kappa shape index (κ2) is 5.73. The van der Waals surface area contributed by atoms with Gasteiger partial charge in [0, 0.05) is 5.75 Å². The molecule has 4 nitrogen and oxygen atoms in total. The molecule has 0 aliphatic carbocycles. The molecule has 0 saturated heterocycles. The molecule has 1 heterocycles. The minimum Gasteiger partial charge on any atom is -0.440 e. The van der Waals surface area contributed by atoms with Crippen molar-refractivity contribution < 1.29 is 4.42 Å². The molecule has 0 saturated carbocycles. The summed E-state index contributed by atoms with van der Waals surface area (Å²) in [5.41, 5.74) is 7.56. The van der Waals surface area contributed by atoms with Gasteiger partial charge in [0.25, 0.3) is 5.22 Å². The van der Waals surface area contributed by atoms with Crippen molar-refractivity contribution in [1.82, 2.24) is 4.98 Å². The zero-order valence-electron chi connectivity index (χ0n) is 10.1. The van der Waals surface area contributed by atoms with Gasteiger partial charge in [-0.1, -0.05) is 42.1 Å². The highest BCUT2D eigenvalue weighted by atomic mass is 32.2. The molecule has 5 heteroatoms. The Balaban J connectivity index is 2.06. The van der Waals surface area contributed by atoms with Gasteiger partial charge in [0.05, 0.1) is 17.4 Å². The SMILES string of the molecule is Cc1coc(SCC(C(=N)N)c2ccccc2)n1. The van der Waals surface area contributed by atoms with Crippen LogP contribution in [0.2, 0.25) is 0 Å². The fourth-order valence-electron chi connectivity index (χ4n) is 1.60. The standard InChI is InChI=1S/C13H15N3OS/c1-9-7-17-13(16-9)18-8-11(12(14)15)10-5-3-2-4-6-10/h2-7,11H,8H2,1H3,(H3,14,15). The molecule has 2 aromatic rings. The molecule has 0 spiro atoms. The molecule has 18 heavy (non-hydrogen) atoms. The number of benzene rings is 1. The van der Waals surface area contributed by atoms with Gasteiger partial charge in [-0.15, -0.1) is 0 Å². The number of aromatic nitrogens is 1. The molecule has 0 aliphatic heterocycles. The summed E-state index contributed by atoms with van der Waals surface area (Å²) in [6.45, 7) is 1.88. The number of hydrogen-bond acceptors (Lipinski definition) is 4. The average Bonchev–Trinajstić information content (AvgIpc) is 2.76. The van der Waals surface area contributed by atoms with Gasteiger partial charge in [0.2, 0.25) is 0 Å². The summed E-state index contributed by atoms with van der Waals surface area (Å²) in [4.78, 5) is 4.22. The van der Waals surface area contributed by atoms with Crippen molar-refractivity contribution in [2.24, 2.45) is 5.73 Å². The Kier molecular flexibility index (Phi) is 4.04. The molecule has 0 fully saturated rings. The molecule has 2 rings (SSSR count). The molecule has 1 unspecified atom stereocenters. The van der Waals surface area contributed by atoms with E-state index < -0.39 is 0 Å². The van der Waals surface area contributed by atoms with Gasteiger partial charge in [-0.05, 0) is 12.5 Å². The molecular weight excluding hydrogens is 246 g/mol. The lowest BCUT2D eigenvalue weighted by molar-refractivity contribution is 0.454. The molecule has 94 valence electrons. The predicted octanol–water partition coefficient (Wildman–Crippen LogP) is 2.79. The lowest BCUT2D eigenvalue weighted by atomic mass is 10.0. The van der Waals surface area contributed by atoms with E-state index in [1.54, 1.807) is 6.26 Å². The largest absolute Gasteiger partial charge is 0.440 e. The van der Waals surface area contributed by atoms with Gasteiger partial charge in [-0.3, -0.25) is 5.41 Å². The molecule has 0 aliphatic rings. The number of aryl methyl sites for hydroxylation is 1. The van der Waals surface area contributed by atoms with Gasteiger partial charge in [0.1, 0.15) is 6.26 Å². The van der Waals surface area contributed by atoms with Crippen LogP contribution in [0.4, 0.5) is 0 Å². The van der Waals surface area contributed by atoms with Crippen molar-refractivity contribution in [3.8, 4) is 0 Å². The molecular formula is C13H15N3OS. The Hall–Kier alpha value is -1.75. The molecule has 1 aromatic carbocycles. The first-order chi connectivity index (χ1) is 8.66. The van der Waals surface area contributed by atoms with Crippen molar-refractivity contribution in [2.75, 3.05) is 5.75 Å². The first kappa shape index (κ1) is 12.7. The lowest BCUT2D eigenvalue weighted by Gasteiger charge is -2.14. The van der Waals surface area contributed by atoms with Crippen LogP contribution in [0.1, 0.15) is 17.2 Å². The van der Waals surface area contributed by atoms with E-state index in [9.17, 15) is 0 Å². The molecule has 1 atom stereocenters. The second-order valence-corrected chi connectivity index (χ2v) is 4.96. The number of thioether (sulfide) groups is 1. The Morgan fingerprint density at radius 1 is 1.44 bits per heavy atom. The monoisotopic (exact) mass is 261 g/mol. The van der Waals surface area contributed by atoms with Crippen molar-refractivity contribution in [1.29, 1.82) is 5.41 Å². The summed E-state index contributed by atoms with van der Waals surface area (Å²) < 4.78 is 5.27. The maximum Gasteiger partial charge on any atom is 0.255 e. The van der Waals surface area contributed by atoms with Crippen molar-refractivity contribution in [2.45, 2.75) is 18.1 Å². The summed E-state index contributed by atoms with van der Waals surface area (Å²) in [6, 6.07) is 9.81. The lowest BCUT2D eigenvalue weighted by Crippen LogP contribution is -2.22. The number of rotatable bonds is 5. The smallest absolute Gasteiger partial charge is 0.255 e. The zero-order valence-corrected chi connectivity index (χ0v) is 10.9. The molecule has 1 aromatic heterocycles. The maximum atomic E-state index is 7.67. The van der Waals surface area contributed by atoms with E-state index in [4.69, 9.17) is 15.6 Å². The van der Waals surface area contributed by atoms with Crippen LogP contribution < -0.4 is 5.73 Å². The number of oxazole rings is 1. The summed E-state index contributed by atoms with van der Waals surface area (Å²) >= 11 is 1.47. The van der Waals surface area contributed by atoms with Crippen molar-refractivity contribution in [3.63, 3.8) is 0 Å². The molecule has 3 N–H and O–H groups in total. The van der Waals surface area contributed by atoms with E-state index in [-0.39, 0.29) is 11.8 Å². The van der Waals surface area contributed by atoms with E-state index in [0.29, 0.717) is 11.0 Å². The van der Waals surface area contributed by atoms with Gasteiger partial charge in [-0.25, -0.2) is 4.98 Å². The third kappa shape index (κ3) is 3.13. The zero-order chi connectivity index (χ0) is 13.0. The molecule has 0 bridgehead atoms. The van der Waals surface area contributed by atoms with Crippen LogP contribution in [-0.2, 0) is 0 Å².